The van der Waals surface area contributed by atoms with Gasteiger partial charge in [-0.05, 0) is 47.1 Å². The molecule has 1 aromatic carbocycles. The van der Waals surface area contributed by atoms with Gasteiger partial charge >= 0.3 is 0 Å². The van der Waals surface area contributed by atoms with Crippen LogP contribution in [-0.4, -0.2) is 19.3 Å². The zero-order chi connectivity index (χ0) is 14.8. The molecule has 0 radical (unpaired) electrons. The van der Waals surface area contributed by atoms with E-state index in [0.29, 0.717) is 6.42 Å². The second-order valence-corrected chi connectivity index (χ2v) is 5.39. The summed E-state index contributed by atoms with van der Waals surface area (Å²) in [4.78, 5) is 4.40. The van der Waals surface area contributed by atoms with Gasteiger partial charge in [-0.25, -0.2) is 9.37 Å². The summed E-state index contributed by atoms with van der Waals surface area (Å²) in [5.74, 6) is 0.644. The van der Waals surface area contributed by atoms with Gasteiger partial charge in [-0.1, -0.05) is 0 Å². The molecule has 0 amide bonds. The van der Waals surface area contributed by atoms with Crippen LogP contribution < -0.4 is 0 Å². The molecule has 108 valence electrons. The second-order valence-electron chi connectivity index (χ2n) is 4.64. The lowest BCUT2D eigenvalue weighted by Crippen LogP contribution is -2.02. The van der Waals surface area contributed by atoms with Crippen molar-refractivity contribution in [1.29, 1.82) is 0 Å². The third-order valence-corrected chi connectivity index (χ3v) is 4.23. The normalized spacial score (nSPS) is 11.0. The molecule has 0 aliphatic carbocycles. The average Bonchev–Trinajstić information content (AvgIpc) is 3.08. The maximum absolute atomic E-state index is 13.0. The van der Waals surface area contributed by atoms with Crippen molar-refractivity contribution in [2.45, 2.75) is 19.9 Å². The zero-order valence-corrected chi connectivity index (χ0v) is 13.1. The van der Waals surface area contributed by atoms with Crippen molar-refractivity contribution in [2.75, 3.05) is 0 Å². The first kappa shape index (κ1) is 14.0. The Kier molecular flexibility index (Phi) is 3.88. The molecule has 4 nitrogen and oxygen atoms in total. The van der Waals surface area contributed by atoms with Crippen molar-refractivity contribution >= 4 is 15.9 Å². The Balaban J connectivity index is 1.92. The van der Waals surface area contributed by atoms with Crippen molar-refractivity contribution in [3.63, 3.8) is 0 Å². The van der Waals surface area contributed by atoms with Crippen LogP contribution in [0.5, 0.6) is 0 Å². The van der Waals surface area contributed by atoms with Gasteiger partial charge in [0.25, 0.3) is 0 Å². The van der Waals surface area contributed by atoms with Crippen molar-refractivity contribution in [2.24, 2.45) is 0 Å². The third kappa shape index (κ3) is 2.76. The molecule has 0 atom stereocenters. The molecule has 21 heavy (non-hydrogen) atoms. The largest absolute Gasteiger partial charge is 0.303 e. The highest BCUT2D eigenvalue weighted by molar-refractivity contribution is 9.10. The van der Waals surface area contributed by atoms with Crippen LogP contribution in [0, 0.1) is 5.82 Å². The molecule has 2 aromatic heterocycles. The number of aryl methyl sites for hydroxylation is 1. The molecule has 0 aliphatic heterocycles. The number of imidazole rings is 1. The van der Waals surface area contributed by atoms with Gasteiger partial charge in [-0.15, -0.1) is 0 Å². The molecule has 0 unspecified atom stereocenters. The molecule has 0 aliphatic rings. The molecule has 6 heteroatoms. The summed E-state index contributed by atoms with van der Waals surface area (Å²) in [6, 6.07) is 6.38. The number of hydrogen-bond donors (Lipinski definition) is 0. The van der Waals surface area contributed by atoms with E-state index in [1.54, 1.807) is 18.3 Å². The first-order valence-corrected chi connectivity index (χ1v) is 7.46. The van der Waals surface area contributed by atoms with E-state index in [0.717, 1.165) is 28.2 Å². The van der Waals surface area contributed by atoms with Crippen LogP contribution in [0.15, 0.2) is 47.5 Å². The predicted octanol–water partition coefficient (Wildman–Crippen LogP) is 3.58. The quantitative estimate of drug-likeness (QED) is 0.722. The highest BCUT2D eigenvalue weighted by Gasteiger charge is 2.12. The fraction of sp³-hybridized carbons (Fsp3) is 0.200. The van der Waals surface area contributed by atoms with E-state index in [4.69, 9.17) is 0 Å². The minimum absolute atomic E-state index is 0.243. The minimum Gasteiger partial charge on any atom is -0.303 e. The van der Waals surface area contributed by atoms with E-state index < -0.39 is 0 Å². The number of nitrogens with zero attached hydrogens (tertiary/aromatic N) is 4. The Labute approximate surface area is 130 Å². The molecule has 0 saturated heterocycles. The molecule has 0 N–H and O–H groups in total. The van der Waals surface area contributed by atoms with Crippen molar-refractivity contribution in [1.82, 2.24) is 19.3 Å². The lowest BCUT2D eigenvalue weighted by Gasteiger charge is -2.07. The Bertz CT molecular complexity index is 745. The van der Waals surface area contributed by atoms with Crippen molar-refractivity contribution < 1.29 is 4.39 Å². The van der Waals surface area contributed by atoms with E-state index in [-0.39, 0.29) is 5.82 Å². The molecule has 0 bridgehead atoms. The van der Waals surface area contributed by atoms with Gasteiger partial charge in [-0.3, -0.25) is 4.68 Å². The molecule has 0 saturated carbocycles. The maximum Gasteiger partial charge on any atom is 0.123 e. The van der Waals surface area contributed by atoms with Crippen LogP contribution >= 0.6 is 15.9 Å². The SMILES string of the molecule is CCn1ncc(Cc2nccn2-c2ccc(F)cc2)c1Br. The number of halogens is 2. The number of aromatic nitrogens is 4. The first-order chi connectivity index (χ1) is 10.2. The summed E-state index contributed by atoms with van der Waals surface area (Å²) >= 11 is 3.56. The summed E-state index contributed by atoms with van der Waals surface area (Å²) in [5.41, 5.74) is 1.97. The number of rotatable bonds is 4. The lowest BCUT2D eigenvalue weighted by molar-refractivity contribution is 0.627. The van der Waals surface area contributed by atoms with Gasteiger partial charge in [0.2, 0.25) is 0 Å². The first-order valence-electron chi connectivity index (χ1n) is 6.67. The summed E-state index contributed by atoms with van der Waals surface area (Å²) in [5, 5.41) is 4.31. The molecular weight excluding hydrogens is 335 g/mol. The monoisotopic (exact) mass is 348 g/mol. The molecule has 3 rings (SSSR count). The predicted molar refractivity (Wildman–Crippen MR) is 81.9 cm³/mol. The van der Waals surface area contributed by atoms with Crippen LogP contribution in [0.3, 0.4) is 0 Å². The van der Waals surface area contributed by atoms with Gasteiger partial charge in [0.15, 0.2) is 0 Å². The summed E-state index contributed by atoms with van der Waals surface area (Å²) < 4.78 is 17.8. The fourth-order valence-electron chi connectivity index (χ4n) is 2.22. The molecule has 0 spiro atoms. The molecule has 0 fully saturated rings. The van der Waals surface area contributed by atoms with E-state index in [2.05, 4.69) is 26.0 Å². The Morgan fingerprint density at radius 1 is 1.24 bits per heavy atom. The average molecular weight is 349 g/mol. The van der Waals surface area contributed by atoms with E-state index in [1.165, 1.54) is 12.1 Å². The van der Waals surface area contributed by atoms with E-state index >= 15 is 0 Å². The Morgan fingerprint density at radius 3 is 2.67 bits per heavy atom. The lowest BCUT2D eigenvalue weighted by atomic mass is 10.2. The Morgan fingerprint density at radius 2 is 2.00 bits per heavy atom. The van der Waals surface area contributed by atoms with Crippen LogP contribution in [0.4, 0.5) is 4.39 Å². The van der Waals surface area contributed by atoms with Crippen molar-refractivity contribution in [3.8, 4) is 5.69 Å². The van der Waals surface area contributed by atoms with Gasteiger partial charge in [0.1, 0.15) is 16.2 Å². The van der Waals surface area contributed by atoms with E-state index in [9.17, 15) is 4.39 Å². The van der Waals surface area contributed by atoms with E-state index in [1.807, 2.05) is 28.6 Å². The van der Waals surface area contributed by atoms with Gasteiger partial charge in [0.05, 0.1) is 6.20 Å². The maximum atomic E-state index is 13.0. The third-order valence-electron chi connectivity index (χ3n) is 3.31. The molecule has 3 aromatic rings. The zero-order valence-electron chi connectivity index (χ0n) is 11.5. The fourth-order valence-corrected chi connectivity index (χ4v) is 2.81. The highest BCUT2D eigenvalue weighted by Crippen LogP contribution is 2.21. The smallest absolute Gasteiger partial charge is 0.123 e. The second kappa shape index (κ2) is 5.81. The van der Waals surface area contributed by atoms with Crippen LogP contribution in [-0.2, 0) is 13.0 Å². The highest BCUT2D eigenvalue weighted by atomic mass is 79.9. The summed E-state index contributed by atoms with van der Waals surface area (Å²) in [6.45, 7) is 2.86. The summed E-state index contributed by atoms with van der Waals surface area (Å²) in [6.07, 6.45) is 6.12. The van der Waals surface area contributed by atoms with Crippen LogP contribution in [0.25, 0.3) is 5.69 Å². The van der Waals surface area contributed by atoms with Gasteiger partial charge in [0, 0.05) is 36.6 Å². The minimum atomic E-state index is -0.243. The molecule has 2 heterocycles. The number of benzene rings is 1. The van der Waals surface area contributed by atoms with Gasteiger partial charge < -0.3 is 4.57 Å². The topological polar surface area (TPSA) is 35.6 Å². The number of hydrogen-bond acceptors (Lipinski definition) is 2. The van der Waals surface area contributed by atoms with Crippen LogP contribution in [0.2, 0.25) is 0 Å². The van der Waals surface area contributed by atoms with Crippen LogP contribution in [0.1, 0.15) is 18.3 Å². The standard InChI is InChI=1S/C15H14BrFN4/c1-2-21-15(16)11(10-19-21)9-14-18-7-8-20(14)13-5-3-12(17)4-6-13/h3-8,10H,2,9H2,1H3. The van der Waals surface area contributed by atoms with Crippen molar-refractivity contribution in [3.05, 3.63) is 64.7 Å². The Hall–Kier alpha value is -1.95. The molecular formula is C15H14BrFN4. The summed E-state index contributed by atoms with van der Waals surface area (Å²) in [7, 11) is 0. The van der Waals surface area contributed by atoms with Gasteiger partial charge in [-0.2, -0.15) is 5.10 Å².